The molecule has 0 spiro atoms. The molecule has 40 heavy (non-hydrogen) atoms. The Hall–Kier alpha value is -3.83. The summed E-state index contributed by atoms with van der Waals surface area (Å²) in [6, 6.07) is 7.42. The number of ether oxygens (including phenoxy) is 3. The second kappa shape index (κ2) is 13.5. The number of para-hydroxylation sites is 1. The van der Waals surface area contributed by atoms with E-state index in [0.29, 0.717) is 30.0 Å². The Balaban J connectivity index is 1.43. The summed E-state index contributed by atoms with van der Waals surface area (Å²) >= 11 is 1.16. The van der Waals surface area contributed by atoms with Crippen molar-refractivity contribution in [2.24, 2.45) is 5.92 Å². The van der Waals surface area contributed by atoms with E-state index in [0.717, 1.165) is 61.2 Å². The molecule has 1 heterocycles. The predicted molar refractivity (Wildman–Crippen MR) is 148 cm³/mol. The van der Waals surface area contributed by atoms with E-state index in [2.05, 4.69) is 15.0 Å². The van der Waals surface area contributed by atoms with Crippen molar-refractivity contribution >= 4 is 34.4 Å². The van der Waals surface area contributed by atoms with Crippen molar-refractivity contribution in [3.63, 3.8) is 0 Å². The third-order valence-electron chi connectivity index (χ3n) is 6.66. The van der Waals surface area contributed by atoms with Crippen molar-refractivity contribution < 1.29 is 37.7 Å². The Morgan fingerprint density at radius 1 is 1.20 bits per heavy atom. The number of carbonyl (C=O) groups is 2. The van der Waals surface area contributed by atoms with Gasteiger partial charge in [0.15, 0.2) is 5.13 Å². The standard InChI is InChI=1S/C29H30F2N2O6S/c1-37-25(28(35)36)14-21-22(30)12-19(13-23(21)31)27(34)33-29-32-24(16-40-29)20-10-4-8-18(26(20)38-2)9-5-11-39-15-17-6-3-7-17/h4,8,10,12-14,16-17H,3,5-7,9,11,15H2,1-2H3,(H,35,36)(H,32,33,34)/b25-14-. The summed E-state index contributed by atoms with van der Waals surface area (Å²) in [6.45, 7) is 1.51. The smallest absolute Gasteiger partial charge is 0.371 e. The molecule has 1 amide bonds. The van der Waals surface area contributed by atoms with E-state index < -0.39 is 34.8 Å². The first-order chi connectivity index (χ1) is 19.3. The molecule has 2 N–H and O–H groups in total. The van der Waals surface area contributed by atoms with Gasteiger partial charge in [0.2, 0.25) is 5.76 Å². The summed E-state index contributed by atoms with van der Waals surface area (Å²) < 4.78 is 45.2. The van der Waals surface area contributed by atoms with E-state index in [1.807, 2.05) is 18.2 Å². The number of aromatic nitrogens is 1. The van der Waals surface area contributed by atoms with Crippen molar-refractivity contribution in [2.45, 2.75) is 32.1 Å². The van der Waals surface area contributed by atoms with Gasteiger partial charge in [0.05, 0.1) is 19.9 Å². The summed E-state index contributed by atoms with van der Waals surface area (Å²) in [5.74, 6) is -3.75. The maximum absolute atomic E-state index is 14.6. The van der Waals surface area contributed by atoms with Gasteiger partial charge < -0.3 is 19.3 Å². The lowest BCUT2D eigenvalue weighted by atomic mass is 9.86. The van der Waals surface area contributed by atoms with Gasteiger partial charge in [-0.25, -0.2) is 18.6 Å². The van der Waals surface area contributed by atoms with Gasteiger partial charge in [0.1, 0.15) is 17.4 Å². The Kier molecular flexibility index (Phi) is 9.84. The lowest BCUT2D eigenvalue weighted by molar-refractivity contribution is -0.135. The third kappa shape index (κ3) is 7.02. The fourth-order valence-electron chi connectivity index (χ4n) is 4.32. The summed E-state index contributed by atoms with van der Waals surface area (Å²) in [4.78, 5) is 28.3. The molecule has 11 heteroatoms. The van der Waals surface area contributed by atoms with Gasteiger partial charge in [0, 0.05) is 41.4 Å². The summed E-state index contributed by atoms with van der Waals surface area (Å²) in [7, 11) is 2.66. The number of thiazole rings is 1. The minimum atomic E-state index is -1.49. The van der Waals surface area contributed by atoms with Crippen LogP contribution in [0.15, 0.2) is 41.5 Å². The third-order valence-corrected chi connectivity index (χ3v) is 7.42. The molecule has 0 bridgehead atoms. The second-order valence-corrected chi connectivity index (χ2v) is 10.2. The Labute approximate surface area is 234 Å². The normalized spacial score (nSPS) is 13.6. The van der Waals surface area contributed by atoms with Crippen LogP contribution in [0.2, 0.25) is 0 Å². The van der Waals surface area contributed by atoms with Crippen LogP contribution in [0.4, 0.5) is 13.9 Å². The topological polar surface area (TPSA) is 107 Å². The molecule has 1 fully saturated rings. The molecule has 3 aromatic rings. The number of aryl methyl sites for hydroxylation is 1. The van der Waals surface area contributed by atoms with Gasteiger partial charge in [-0.3, -0.25) is 10.1 Å². The van der Waals surface area contributed by atoms with Gasteiger partial charge >= 0.3 is 5.97 Å². The number of carbonyl (C=O) groups excluding carboxylic acids is 1. The number of anilines is 1. The quantitative estimate of drug-likeness (QED) is 0.143. The van der Waals surface area contributed by atoms with Gasteiger partial charge in [-0.1, -0.05) is 18.6 Å². The average Bonchev–Trinajstić information content (AvgIpc) is 3.36. The van der Waals surface area contributed by atoms with Crippen molar-refractivity contribution in [1.29, 1.82) is 0 Å². The largest absolute Gasteiger partial charge is 0.496 e. The van der Waals surface area contributed by atoms with Crippen LogP contribution in [0.1, 0.15) is 47.2 Å². The maximum Gasteiger partial charge on any atom is 0.371 e. The highest BCUT2D eigenvalue weighted by Crippen LogP contribution is 2.35. The van der Waals surface area contributed by atoms with E-state index >= 15 is 0 Å². The average molecular weight is 573 g/mol. The zero-order valence-corrected chi connectivity index (χ0v) is 23.0. The fourth-order valence-corrected chi connectivity index (χ4v) is 5.02. The number of nitrogens with one attached hydrogen (secondary N) is 1. The van der Waals surface area contributed by atoms with Crippen molar-refractivity contribution in [2.75, 3.05) is 32.8 Å². The molecule has 8 nitrogen and oxygen atoms in total. The summed E-state index contributed by atoms with van der Waals surface area (Å²) in [5, 5.41) is 13.6. The summed E-state index contributed by atoms with van der Waals surface area (Å²) in [5.41, 5.74) is 1.43. The van der Waals surface area contributed by atoms with E-state index in [4.69, 9.17) is 14.6 Å². The number of carboxylic acid groups (broad SMARTS) is 1. The van der Waals surface area contributed by atoms with Crippen LogP contribution in [0.5, 0.6) is 5.75 Å². The zero-order valence-electron chi connectivity index (χ0n) is 22.2. The first-order valence-corrected chi connectivity index (χ1v) is 13.7. The van der Waals surface area contributed by atoms with Crippen LogP contribution in [0, 0.1) is 17.6 Å². The number of rotatable bonds is 13. The van der Waals surface area contributed by atoms with Crippen LogP contribution >= 0.6 is 11.3 Å². The number of methoxy groups -OCH3 is 2. The molecule has 0 aliphatic heterocycles. The Morgan fingerprint density at radius 3 is 2.58 bits per heavy atom. The number of benzene rings is 2. The van der Waals surface area contributed by atoms with Gasteiger partial charge in [-0.2, -0.15) is 0 Å². The lowest BCUT2D eigenvalue weighted by Crippen LogP contribution is -2.17. The highest BCUT2D eigenvalue weighted by Gasteiger charge is 2.20. The lowest BCUT2D eigenvalue weighted by Gasteiger charge is -2.24. The number of aliphatic carboxylic acids is 1. The molecule has 1 aliphatic carbocycles. The molecule has 2 aromatic carbocycles. The molecule has 4 rings (SSSR count). The molecule has 0 saturated heterocycles. The monoisotopic (exact) mass is 572 g/mol. The van der Waals surface area contributed by atoms with Gasteiger partial charge in [-0.15, -0.1) is 11.3 Å². The van der Waals surface area contributed by atoms with Gasteiger partial charge in [0.25, 0.3) is 5.91 Å². The van der Waals surface area contributed by atoms with Crippen LogP contribution in [-0.2, 0) is 20.7 Å². The number of hydrogen-bond acceptors (Lipinski definition) is 7. The van der Waals surface area contributed by atoms with Crippen molar-refractivity contribution in [1.82, 2.24) is 4.98 Å². The molecule has 1 aliphatic rings. The Morgan fingerprint density at radius 2 is 1.95 bits per heavy atom. The molecule has 0 atom stereocenters. The van der Waals surface area contributed by atoms with Crippen molar-refractivity contribution in [3.8, 4) is 17.0 Å². The SMILES string of the molecule is CO/C(=C\c1c(F)cc(C(=O)Nc2nc(-c3cccc(CCCOCC4CCC4)c3OC)cs2)cc1F)C(=O)O. The summed E-state index contributed by atoms with van der Waals surface area (Å²) in [6.07, 6.45) is 6.16. The van der Waals surface area contributed by atoms with E-state index in [1.54, 1.807) is 12.5 Å². The Bertz CT molecular complexity index is 1380. The van der Waals surface area contributed by atoms with Crippen LogP contribution < -0.4 is 10.1 Å². The minimum Gasteiger partial charge on any atom is -0.496 e. The number of nitrogens with zero attached hydrogens (tertiary/aromatic N) is 1. The first kappa shape index (κ1) is 29.2. The fraction of sp³-hybridized carbons (Fsp3) is 0.345. The van der Waals surface area contributed by atoms with E-state index in [9.17, 15) is 18.4 Å². The van der Waals surface area contributed by atoms with Crippen molar-refractivity contribution in [3.05, 3.63) is 69.8 Å². The molecule has 212 valence electrons. The van der Waals surface area contributed by atoms with E-state index in [-0.39, 0.29) is 10.7 Å². The van der Waals surface area contributed by atoms with Crippen LogP contribution in [-0.4, -0.2) is 49.4 Å². The van der Waals surface area contributed by atoms with Crippen LogP contribution in [0.25, 0.3) is 17.3 Å². The molecule has 1 aromatic heterocycles. The second-order valence-electron chi connectivity index (χ2n) is 9.34. The highest BCUT2D eigenvalue weighted by atomic mass is 32.1. The zero-order chi connectivity index (χ0) is 28.6. The number of hydrogen-bond donors (Lipinski definition) is 2. The molecule has 1 saturated carbocycles. The molecular weight excluding hydrogens is 542 g/mol. The maximum atomic E-state index is 14.6. The van der Waals surface area contributed by atoms with Crippen LogP contribution in [0.3, 0.4) is 0 Å². The minimum absolute atomic E-state index is 0.231. The molecular formula is C29H30F2N2O6S. The van der Waals surface area contributed by atoms with E-state index in [1.165, 1.54) is 19.3 Å². The van der Waals surface area contributed by atoms with Gasteiger partial charge in [-0.05, 0) is 55.4 Å². The number of carboxylic acids is 1. The highest BCUT2D eigenvalue weighted by molar-refractivity contribution is 7.14. The first-order valence-electron chi connectivity index (χ1n) is 12.8. The predicted octanol–water partition coefficient (Wildman–Crippen LogP) is 6.17. The number of amides is 1. The molecule has 0 unspecified atom stereocenters. The molecule has 0 radical (unpaired) electrons. The number of halogens is 2.